The summed E-state index contributed by atoms with van der Waals surface area (Å²) in [7, 11) is 0. The second kappa shape index (κ2) is 3.09. The number of allylic oxidation sites excluding steroid dienone is 1. The van der Waals surface area contributed by atoms with E-state index >= 15 is 0 Å². The molecular weight excluding hydrogens is 150 g/mol. The lowest BCUT2D eigenvalue weighted by molar-refractivity contribution is 0.643. The summed E-state index contributed by atoms with van der Waals surface area (Å²) >= 11 is 0. The van der Waals surface area contributed by atoms with Crippen molar-refractivity contribution in [1.29, 1.82) is 5.41 Å². The van der Waals surface area contributed by atoms with E-state index in [0.717, 1.165) is 0 Å². The van der Waals surface area contributed by atoms with Gasteiger partial charge in [-0.25, -0.2) is 8.78 Å². The molecule has 0 atom stereocenters. The molecule has 2 nitrogen and oxygen atoms in total. The number of hydrogen-bond donors (Lipinski definition) is 2. The van der Waals surface area contributed by atoms with Gasteiger partial charge in [-0.15, -0.1) is 0 Å². The van der Waals surface area contributed by atoms with Crippen LogP contribution in [0, 0.1) is 5.41 Å². The van der Waals surface area contributed by atoms with Gasteiger partial charge in [0.2, 0.25) is 0 Å². The largest absolute Gasteiger partial charge is 0.367 e. The normalized spacial score (nSPS) is 12.5. The predicted molar refractivity (Wildman–Crippen MR) is 38.7 cm³/mol. The van der Waals surface area contributed by atoms with Crippen molar-refractivity contribution in [3.05, 3.63) is 29.9 Å². The van der Waals surface area contributed by atoms with Crippen LogP contribution in [0.15, 0.2) is 24.3 Å². The summed E-state index contributed by atoms with van der Waals surface area (Å²) in [4.78, 5) is 2.57. The van der Waals surface area contributed by atoms with E-state index in [9.17, 15) is 8.78 Å². The summed E-state index contributed by atoms with van der Waals surface area (Å²) in [6, 6.07) is 1.39. The smallest absolute Gasteiger partial charge is 0.176 e. The number of nitrogens with one attached hydrogen (secondary N) is 2. The number of rotatable bonds is 2. The molecule has 1 aromatic rings. The molecule has 0 amide bonds. The Morgan fingerprint density at radius 3 is 2.73 bits per heavy atom. The van der Waals surface area contributed by atoms with Crippen molar-refractivity contribution in [3.8, 4) is 0 Å². The first-order chi connectivity index (χ1) is 5.25. The molecule has 4 heteroatoms. The first kappa shape index (κ1) is 7.65. The van der Waals surface area contributed by atoms with E-state index in [2.05, 4.69) is 4.98 Å². The zero-order valence-corrected chi connectivity index (χ0v) is 5.57. The van der Waals surface area contributed by atoms with Gasteiger partial charge in [0.1, 0.15) is 0 Å². The summed E-state index contributed by atoms with van der Waals surface area (Å²) < 4.78 is 25.0. The van der Waals surface area contributed by atoms with Crippen LogP contribution in [-0.2, 0) is 0 Å². The molecule has 0 saturated carbocycles. The van der Waals surface area contributed by atoms with Crippen molar-refractivity contribution in [2.45, 2.75) is 0 Å². The Morgan fingerprint density at radius 1 is 1.55 bits per heavy atom. The molecule has 0 unspecified atom stereocenters. The van der Waals surface area contributed by atoms with Crippen LogP contribution in [0.5, 0.6) is 0 Å². The minimum absolute atomic E-state index is 0.117. The van der Waals surface area contributed by atoms with E-state index in [1.807, 2.05) is 0 Å². The lowest BCUT2D eigenvalue weighted by atomic mass is 10.3. The Bertz CT molecular complexity index is 275. The third kappa shape index (κ3) is 1.52. The van der Waals surface area contributed by atoms with E-state index in [-0.39, 0.29) is 5.56 Å². The van der Waals surface area contributed by atoms with Gasteiger partial charge in [-0.3, -0.25) is 0 Å². The zero-order valence-electron chi connectivity index (χ0n) is 5.57. The molecule has 0 saturated heterocycles. The van der Waals surface area contributed by atoms with Gasteiger partial charge in [-0.1, -0.05) is 0 Å². The van der Waals surface area contributed by atoms with Crippen LogP contribution in [0.4, 0.5) is 8.78 Å². The maximum Gasteiger partial charge on any atom is 0.176 e. The Balaban J connectivity index is 3.02. The maximum atomic E-state index is 12.7. The van der Waals surface area contributed by atoms with Crippen LogP contribution in [0.25, 0.3) is 5.83 Å². The molecule has 0 bridgehead atoms. The summed E-state index contributed by atoms with van der Waals surface area (Å²) in [6.45, 7) is 0. The van der Waals surface area contributed by atoms with E-state index in [4.69, 9.17) is 5.41 Å². The van der Waals surface area contributed by atoms with Crippen molar-refractivity contribution in [3.63, 3.8) is 0 Å². The molecule has 0 spiro atoms. The lowest BCUT2D eigenvalue weighted by Crippen LogP contribution is -1.79. The molecule has 11 heavy (non-hydrogen) atoms. The monoisotopic (exact) mass is 156 g/mol. The second-order valence-corrected chi connectivity index (χ2v) is 1.91. The van der Waals surface area contributed by atoms with Gasteiger partial charge in [-0.05, 0) is 6.07 Å². The molecule has 0 radical (unpaired) electrons. The van der Waals surface area contributed by atoms with Gasteiger partial charge in [0, 0.05) is 18.0 Å². The highest BCUT2D eigenvalue weighted by molar-refractivity contribution is 5.84. The predicted octanol–water partition coefficient (Wildman–Crippen LogP) is 2.27. The summed E-state index contributed by atoms with van der Waals surface area (Å²) in [6.07, 6.45) is 3.13. The lowest BCUT2D eigenvalue weighted by Gasteiger charge is -1.90. The van der Waals surface area contributed by atoms with Crippen molar-refractivity contribution in [1.82, 2.24) is 4.98 Å². The molecular formula is C7H6F2N2. The van der Waals surface area contributed by atoms with Crippen LogP contribution in [0.2, 0.25) is 0 Å². The number of hydrogen-bond acceptors (Lipinski definition) is 1. The first-order valence-corrected chi connectivity index (χ1v) is 2.94. The quantitative estimate of drug-likeness (QED) is 0.616. The van der Waals surface area contributed by atoms with Crippen LogP contribution in [-0.4, -0.2) is 11.2 Å². The average molecular weight is 156 g/mol. The molecule has 0 aliphatic rings. The molecule has 0 aromatic carbocycles. The highest BCUT2D eigenvalue weighted by Gasteiger charge is 2.05. The summed E-state index contributed by atoms with van der Waals surface area (Å²) in [5.41, 5.74) is 0.117. The van der Waals surface area contributed by atoms with E-state index in [1.165, 1.54) is 18.5 Å². The van der Waals surface area contributed by atoms with Crippen molar-refractivity contribution >= 4 is 12.0 Å². The zero-order chi connectivity index (χ0) is 8.27. The molecule has 0 aliphatic carbocycles. The molecule has 2 N–H and O–H groups in total. The fourth-order valence-corrected chi connectivity index (χ4v) is 0.662. The minimum Gasteiger partial charge on any atom is -0.367 e. The van der Waals surface area contributed by atoms with Gasteiger partial charge in [0.25, 0.3) is 0 Å². The Morgan fingerprint density at radius 2 is 2.27 bits per heavy atom. The van der Waals surface area contributed by atoms with Gasteiger partial charge in [0.15, 0.2) is 11.7 Å². The SMILES string of the molecule is N=C/C(F)=C(\F)c1cc[nH]c1. The standard InChI is InChI=1S/C7H6F2N2/c8-6(3-10)7(9)5-1-2-11-4-5/h1-4,10-11H/b7-6+,10-3?. The molecule has 0 aliphatic heterocycles. The van der Waals surface area contributed by atoms with Crippen molar-refractivity contribution < 1.29 is 8.78 Å². The van der Waals surface area contributed by atoms with Gasteiger partial charge in [-0.2, -0.15) is 0 Å². The third-order valence-corrected chi connectivity index (χ3v) is 1.19. The Kier molecular flexibility index (Phi) is 2.15. The van der Waals surface area contributed by atoms with Crippen LogP contribution in [0.3, 0.4) is 0 Å². The van der Waals surface area contributed by atoms with Crippen LogP contribution >= 0.6 is 0 Å². The van der Waals surface area contributed by atoms with E-state index in [1.54, 1.807) is 0 Å². The fraction of sp³-hybridized carbons (Fsp3) is 0. The summed E-state index contributed by atoms with van der Waals surface area (Å²) in [5, 5.41) is 6.43. The maximum absolute atomic E-state index is 12.7. The van der Waals surface area contributed by atoms with Crippen molar-refractivity contribution in [2.75, 3.05) is 0 Å². The first-order valence-electron chi connectivity index (χ1n) is 2.94. The average Bonchev–Trinajstić information content (AvgIpc) is 2.53. The highest BCUT2D eigenvalue weighted by Crippen LogP contribution is 2.18. The molecule has 58 valence electrons. The van der Waals surface area contributed by atoms with Gasteiger partial charge in [0.05, 0.1) is 6.21 Å². The van der Waals surface area contributed by atoms with E-state index < -0.39 is 11.7 Å². The molecule has 1 heterocycles. The highest BCUT2D eigenvalue weighted by atomic mass is 19.2. The summed E-state index contributed by atoms with van der Waals surface area (Å²) in [5.74, 6) is -2.18. The minimum atomic E-state index is -1.16. The number of aromatic amines is 1. The molecule has 1 aromatic heterocycles. The van der Waals surface area contributed by atoms with E-state index in [0.29, 0.717) is 6.21 Å². The fourth-order valence-electron chi connectivity index (χ4n) is 0.662. The van der Waals surface area contributed by atoms with Crippen LogP contribution in [0.1, 0.15) is 5.56 Å². The Labute approximate surface area is 62.1 Å². The van der Waals surface area contributed by atoms with Gasteiger partial charge >= 0.3 is 0 Å². The topological polar surface area (TPSA) is 39.6 Å². The van der Waals surface area contributed by atoms with Crippen molar-refractivity contribution in [2.24, 2.45) is 0 Å². The third-order valence-electron chi connectivity index (χ3n) is 1.19. The number of halogens is 2. The van der Waals surface area contributed by atoms with Crippen LogP contribution < -0.4 is 0 Å². The number of aromatic nitrogens is 1. The second-order valence-electron chi connectivity index (χ2n) is 1.91. The molecule has 0 fully saturated rings. The number of H-pyrrole nitrogens is 1. The van der Waals surface area contributed by atoms with Gasteiger partial charge < -0.3 is 10.4 Å². The molecule has 1 rings (SSSR count). The Hall–Kier alpha value is -1.45.